The van der Waals surface area contributed by atoms with Crippen LogP contribution in [0.25, 0.3) is 0 Å². The molecule has 0 saturated carbocycles. The summed E-state index contributed by atoms with van der Waals surface area (Å²) in [5.74, 6) is 0.00539. The highest BCUT2D eigenvalue weighted by atomic mass is 16.2. The molecule has 0 bridgehead atoms. The Hall–Kier alpha value is -2.37. The van der Waals surface area contributed by atoms with Gasteiger partial charge in [0.25, 0.3) is 11.8 Å². The molecule has 2 heterocycles. The minimum absolute atomic E-state index is 0.0440. The van der Waals surface area contributed by atoms with Gasteiger partial charge in [0.1, 0.15) is 0 Å². The van der Waals surface area contributed by atoms with Crippen molar-refractivity contribution in [2.75, 3.05) is 39.3 Å². The molecule has 128 valence electrons. The lowest BCUT2D eigenvalue weighted by atomic mass is 10.1. The van der Waals surface area contributed by atoms with Crippen LogP contribution in [0, 0.1) is 0 Å². The van der Waals surface area contributed by atoms with Crippen LogP contribution in [0.5, 0.6) is 0 Å². The van der Waals surface area contributed by atoms with E-state index in [2.05, 4.69) is 0 Å². The van der Waals surface area contributed by atoms with E-state index in [1.807, 2.05) is 4.90 Å². The zero-order valence-electron chi connectivity index (χ0n) is 13.8. The first-order valence-electron chi connectivity index (χ1n) is 8.57. The molecule has 1 aromatic rings. The second-order valence-electron chi connectivity index (χ2n) is 6.36. The summed E-state index contributed by atoms with van der Waals surface area (Å²) in [4.78, 5) is 41.0. The first-order valence-corrected chi connectivity index (χ1v) is 8.57. The van der Waals surface area contributed by atoms with E-state index in [0.29, 0.717) is 37.3 Å². The van der Waals surface area contributed by atoms with Crippen LogP contribution in [0.3, 0.4) is 0 Å². The van der Waals surface area contributed by atoms with Crippen LogP contribution in [-0.4, -0.2) is 72.2 Å². The van der Waals surface area contributed by atoms with Gasteiger partial charge in [-0.05, 0) is 43.5 Å². The minimum Gasteiger partial charge on any atom is -0.342 e. The van der Waals surface area contributed by atoms with Gasteiger partial charge in [0, 0.05) is 50.4 Å². The Morgan fingerprint density at radius 2 is 1.17 bits per heavy atom. The van der Waals surface area contributed by atoms with E-state index >= 15 is 0 Å². The lowest BCUT2D eigenvalue weighted by Crippen LogP contribution is -2.48. The Labute approximate surface area is 142 Å². The van der Waals surface area contributed by atoms with Crippen LogP contribution in [0.15, 0.2) is 24.3 Å². The summed E-state index contributed by atoms with van der Waals surface area (Å²) in [6.45, 7) is 3.88. The average Bonchev–Trinajstić information content (AvgIpc) is 2.68. The van der Waals surface area contributed by atoms with Crippen molar-refractivity contribution < 1.29 is 14.4 Å². The van der Waals surface area contributed by atoms with E-state index in [4.69, 9.17) is 0 Å². The second-order valence-corrected chi connectivity index (χ2v) is 6.36. The van der Waals surface area contributed by atoms with E-state index in [1.54, 1.807) is 34.1 Å². The molecule has 0 unspecified atom stereocenters. The van der Waals surface area contributed by atoms with Gasteiger partial charge in [0.05, 0.1) is 0 Å². The highest BCUT2D eigenvalue weighted by molar-refractivity contribution is 5.98. The summed E-state index contributed by atoms with van der Waals surface area (Å²) in [5.41, 5.74) is 1.23. The second kappa shape index (κ2) is 7.47. The number of likely N-dealkylation sites (tertiary alicyclic amines) is 1. The number of benzene rings is 1. The number of piperazine rings is 1. The van der Waals surface area contributed by atoms with Crippen LogP contribution >= 0.6 is 0 Å². The molecule has 2 saturated heterocycles. The fourth-order valence-electron chi connectivity index (χ4n) is 3.25. The van der Waals surface area contributed by atoms with Crippen molar-refractivity contribution in [2.45, 2.75) is 19.3 Å². The molecule has 0 spiro atoms. The lowest BCUT2D eigenvalue weighted by molar-refractivity contribution is -0.119. The molecular weight excluding hydrogens is 306 g/mol. The summed E-state index contributed by atoms with van der Waals surface area (Å²) in [7, 11) is 0. The standard InChI is InChI=1S/C18H23N3O3/c22-14-19-10-12-21(13-11-19)18(24)16-6-4-15(5-7-16)17(23)20-8-2-1-3-9-20/h4-7,14H,1-3,8-13H2. The van der Waals surface area contributed by atoms with Gasteiger partial charge < -0.3 is 14.7 Å². The topological polar surface area (TPSA) is 60.9 Å². The van der Waals surface area contributed by atoms with Gasteiger partial charge in [0.2, 0.25) is 6.41 Å². The van der Waals surface area contributed by atoms with Crippen LogP contribution in [0.4, 0.5) is 0 Å². The Balaban J connectivity index is 1.62. The maximum atomic E-state index is 12.5. The maximum Gasteiger partial charge on any atom is 0.253 e. The monoisotopic (exact) mass is 329 g/mol. The van der Waals surface area contributed by atoms with Crippen molar-refractivity contribution in [3.8, 4) is 0 Å². The quantitative estimate of drug-likeness (QED) is 0.784. The highest BCUT2D eigenvalue weighted by Crippen LogP contribution is 2.15. The predicted molar refractivity (Wildman–Crippen MR) is 89.7 cm³/mol. The molecule has 2 aliphatic rings. The molecule has 2 fully saturated rings. The van der Waals surface area contributed by atoms with E-state index < -0.39 is 0 Å². The van der Waals surface area contributed by atoms with Gasteiger partial charge in [-0.2, -0.15) is 0 Å². The van der Waals surface area contributed by atoms with Gasteiger partial charge in [-0.3, -0.25) is 14.4 Å². The van der Waals surface area contributed by atoms with Crippen LogP contribution < -0.4 is 0 Å². The molecule has 24 heavy (non-hydrogen) atoms. The summed E-state index contributed by atoms with van der Waals surface area (Å²) in [5, 5.41) is 0. The molecule has 6 nitrogen and oxygen atoms in total. The van der Waals surface area contributed by atoms with Crippen molar-refractivity contribution >= 4 is 18.2 Å². The van der Waals surface area contributed by atoms with Gasteiger partial charge in [-0.15, -0.1) is 0 Å². The maximum absolute atomic E-state index is 12.5. The van der Waals surface area contributed by atoms with E-state index in [0.717, 1.165) is 32.3 Å². The van der Waals surface area contributed by atoms with Gasteiger partial charge in [-0.1, -0.05) is 0 Å². The molecule has 2 aliphatic heterocycles. The number of rotatable bonds is 3. The third kappa shape index (κ3) is 3.58. The zero-order valence-corrected chi connectivity index (χ0v) is 13.8. The van der Waals surface area contributed by atoms with Crippen molar-refractivity contribution in [1.82, 2.24) is 14.7 Å². The zero-order chi connectivity index (χ0) is 16.9. The first kappa shape index (κ1) is 16.5. The lowest BCUT2D eigenvalue weighted by Gasteiger charge is -2.32. The van der Waals surface area contributed by atoms with Crippen LogP contribution in [0.2, 0.25) is 0 Å². The number of nitrogens with zero attached hydrogens (tertiary/aromatic N) is 3. The smallest absolute Gasteiger partial charge is 0.253 e. The molecule has 3 rings (SSSR count). The molecule has 6 heteroatoms. The van der Waals surface area contributed by atoms with E-state index in [9.17, 15) is 14.4 Å². The highest BCUT2D eigenvalue weighted by Gasteiger charge is 2.22. The van der Waals surface area contributed by atoms with Gasteiger partial charge in [0.15, 0.2) is 0 Å². The number of piperidine rings is 1. The number of carbonyl (C=O) groups is 3. The van der Waals surface area contributed by atoms with Crippen LogP contribution in [-0.2, 0) is 4.79 Å². The molecule has 0 aliphatic carbocycles. The van der Waals surface area contributed by atoms with Crippen molar-refractivity contribution in [1.29, 1.82) is 0 Å². The van der Waals surface area contributed by atoms with Gasteiger partial charge >= 0.3 is 0 Å². The fourth-order valence-corrected chi connectivity index (χ4v) is 3.25. The minimum atomic E-state index is -0.0440. The van der Waals surface area contributed by atoms with Crippen molar-refractivity contribution in [3.63, 3.8) is 0 Å². The number of hydrogen-bond donors (Lipinski definition) is 0. The average molecular weight is 329 g/mol. The Morgan fingerprint density at radius 1 is 0.708 bits per heavy atom. The Morgan fingerprint density at radius 3 is 1.62 bits per heavy atom. The van der Waals surface area contributed by atoms with Crippen LogP contribution in [0.1, 0.15) is 40.0 Å². The summed E-state index contributed by atoms with van der Waals surface area (Å²) in [6, 6.07) is 6.94. The Kier molecular flexibility index (Phi) is 5.13. The Bertz CT molecular complexity index is 600. The summed E-state index contributed by atoms with van der Waals surface area (Å²) in [6.07, 6.45) is 4.14. The molecule has 0 aromatic heterocycles. The van der Waals surface area contributed by atoms with E-state index in [-0.39, 0.29) is 11.8 Å². The largest absolute Gasteiger partial charge is 0.342 e. The molecule has 0 N–H and O–H groups in total. The van der Waals surface area contributed by atoms with Crippen molar-refractivity contribution in [3.05, 3.63) is 35.4 Å². The third-order valence-electron chi connectivity index (χ3n) is 4.77. The normalized spacial score (nSPS) is 18.4. The number of carbonyl (C=O) groups excluding carboxylic acids is 3. The molecule has 1 aromatic carbocycles. The number of amides is 3. The third-order valence-corrected chi connectivity index (χ3v) is 4.77. The first-order chi connectivity index (χ1) is 11.7. The van der Waals surface area contributed by atoms with Crippen molar-refractivity contribution in [2.24, 2.45) is 0 Å². The molecule has 0 radical (unpaired) electrons. The van der Waals surface area contributed by atoms with E-state index in [1.165, 1.54) is 6.42 Å². The molecular formula is C18H23N3O3. The molecule has 3 amide bonds. The molecule has 0 atom stereocenters. The predicted octanol–water partition coefficient (Wildman–Crippen LogP) is 1.23. The summed E-state index contributed by atoms with van der Waals surface area (Å²) < 4.78 is 0. The fraction of sp³-hybridized carbons (Fsp3) is 0.500. The van der Waals surface area contributed by atoms with Gasteiger partial charge in [-0.25, -0.2) is 0 Å². The summed E-state index contributed by atoms with van der Waals surface area (Å²) >= 11 is 0. The number of hydrogen-bond acceptors (Lipinski definition) is 3. The SMILES string of the molecule is O=CN1CCN(C(=O)c2ccc(C(=O)N3CCCCC3)cc2)CC1.